The predicted octanol–water partition coefficient (Wildman–Crippen LogP) is 9.55. The Balaban J connectivity index is 4.01. The number of carbonyl (C=O) groups is 2. The second kappa shape index (κ2) is 35.1. The van der Waals surface area contributed by atoms with E-state index in [1.165, 1.54) is 89.9 Å². The molecule has 7 nitrogen and oxygen atoms in total. The van der Waals surface area contributed by atoms with Crippen LogP contribution in [0.1, 0.15) is 176 Å². The van der Waals surface area contributed by atoms with E-state index in [0.29, 0.717) is 46.1 Å². The lowest BCUT2D eigenvalue weighted by Gasteiger charge is -2.18. The number of unbranched alkanes of at least 4 members (excludes halogenated alkanes) is 14. The van der Waals surface area contributed by atoms with E-state index in [0.717, 1.165) is 51.4 Å². The minimum atomic E-state index is -0.0454. The van der Waals surface area contributed by atoms with Crippen LogP contribution >= 0.6 is 0 Å². The molecule has 0 bridgehead atoms. The molecule has 0 aromatic rings. The highest BCUT2D eigenvalue weighted by molar-refractivity contribution is 5.78. The van der Waals surface area contributed by atoms with Crippen LogP contribution in [0.15, 0.2) is 0 Å². The van der Waals surface area contributed by atoms with E-state index >= 15 is 0 Å². The summed E-state index contributed by atoms with van der Waals surface area (Å²) in [6.45, 7) is 14.5. The lowest BCUT2D eigenvalue weighted by molar-refractivity contribution is -0.126. The maximum Gasteiger partial charge on any atom is 0.223 e. The van der Waals surface area contributed by atoms with Crippen molar-refractivity contribution in [1.82, 2.24) is 10.6 Å². The summed E-state index contributed by atoms with van der Waals surface area (Å²) in [5, 5.41) is 6.21. The number of hydrogen-bond acceptors (Lipinski definition) is 5. The van der Waals surface area contributed by atoms with Crippen molar-refractivity contribution < 1.29 is 23.8 Å². The van der Waals surface area contributed by atoms with Crippen LogP contribution in [0, 0.1) is 11.8 Å². The molecule has 0 aliphatic carbocycles. The Hall–Kier alpha value is -1.18. The van der Waals surface area contributed by atoms with Gasteiger partial charge in [-0.3, -0.25) is 9.59 Å². The van der Waals surface area contributed by atoms with Crippen LogP contribution < -0.4 is 10.6 Å². The molecule has 0 aliphatic heterocycles. The molecule has 0 aliphatic rings. The number of hydrogen-bond donors (Lipinski definition) is 2. The van der Waals surface area contributed by atoms with E-state index in [-0.39, 0.29) is 29.8 Å². The van der Waals surface area contributed by atoms with Gasteiger partial charge in [-0.2, -0.15) is 0 Å². The van der Waals surface area contributed by atoms with Gasteiger partial charge in [-0.25, -0.2) is 0 Å². The largest absolute Gasteiger partial charge is 0.377 e. The topological polar surface area (TPSA) is 85.9 Å². The van der Waals surface area contributed by atoms with Crippen LogP contribution in [0.25, 0.3) is 0 Å². The van der Waals surface area contributed by atoms with Gasteiger partial charge in [0.05, 0.1) is 39.1 Å². The molecule has 0 aromatic carbocycles. The Labute approximate surface area is 285 Å². The van der Waals surface area contributed by atoms with E-state index < -0.39 is 0 Å². The number of ether oxygens (including phenoxy) is 3. The third kappa shape index (κ3) is 29.0. The van der Waals surface area contributed by atoms with Gasteiger partial charge < -0.3 is 24.8 Å². The first kappa shape index (κ1) is 44.8. The fourth-order valence-corrected chi connectivity index (χ4v) is 5.92. The Morgan fingerprint density at radius 1 is 0.478 bits per heavy atom. The van der Waals surface area contributed by atoms with Crippen molar-refractivity contribution in [2.24, 2.45) is 11.8 Å². The van der Waals surface area contributed by atoms with Crippen LogP contribution in [0.4, 0.5) is 0 Å². The summed E-state index contributed by atoms with van der Waals surface area (Å²) in [6.07, 6.45) is 26.1. The molecule has 0 spiro atoms. The summed E-state index contributed by atoms with van der Waals surface area (Å²) < 4.78 is 17.3. The van der Waals surface area contributed by atoms with Crippen LogP contribution in [0.2, 0.25) is 0 Å². The normalized spacial score (nSPS) is 13.4. The molecule has 0 saturated carbocycles. The first-order chi connectivity index (χ1) is 22.5. The van der Waals surface area contributed by atoms with Gasteiger partial charge in [-0.15, -0.1) is 0 Å². The quantitative estimate of drug-likeness (QED) is 0.0657. The van der Waals surface area contributed by atoms with Gasteiger partial charge in [-0.05, 0) is 32.6 Å². The van der Waals surface area contributed by atoms with Crippen molar-refractivity contribution in [3.05, 3.63) is 0 Å². The molecule has 274 valence electrons. The molecule has 3 unspecified atom stereocenters. The maximum absolute atomic E-state index is 12.8. The van der Waals surface area contributed by atoms with Gasteiger partial charge in [0.2, 0.25) is 11.8 Å². The fraction of sp³-hybridized carbons (Fsp3) is 0.949. The predicted molar refractivity (Wildman–Crippen MR) is 194 cm³/mol. The second-order valence-corrected chi connectivity index (χ2v) is 13.4. The molecular weight excluding hydrogens is 576 g/mol. The molecule has 46 heavy (non-hydrogen) atoms. The van der Waals surface area contributed by atoms with E-state index in [9.17, 15) is 9.59 Å². The van der Waals surface area contributed by atoms with Crippen molar-refractivity contribution >= 4 is 11.8 Å². The van der Waals surface area contributed by atoms with Gasteiger partial charge in [0.1, 0.15) is 0 Å². The third-order valence-electron chi connectivity index (χ3n) is 8.94. The third-order valence-corrected chi connectivity index (χ3v) is 8.94. The van der Waals surface area contributed by atoms with E-state index in [1.54, 1.807) is 0 Å². The van der Waals surface area contributed by atoms with Gasteiger partial charge in [0.15, 0.2) is 0 Å². The summed E-state index contributed by atoms with van der Waals surface area (Å²) in [7, 11) is 0. The number of carbonyl (C=O) groups excluding carboxylic acids is 2. The molecular formula is C39H78N2O5. The number of rotatable bonds is 36. The highest BCUT2D eigenvalue weighted by Gasteiger charge is 2.18. The molecule has 0 fully saturated rings. The maximum atomic E-state index is 12.8. The fourth-order valence-electron chi connectivity index (χ4n) is 5.92. The Bertz CT molecular complexity index is 662. The van der Waals surface area contributed by atoms with Gasteiger partial charge in [0, 0.05) is 24.9 Å². The Kier molecular flexibility index (Phi) is 34.2. The summed E-state index contributed by atoms with van der Waals surface area (Å²) in [5.41, 5.74) is 0. The van der Waals surface area contributed by atoms with Crippen molar-refractivity contribution in [3.63, 3.8) is 0 Å². The lowest BCUT2D eigenvalue weighted by atomic mass is 9.93. The summed E-state index contributed by atoms with van der Waals surface area (Å²) in [4.78, 5) is 25.6. The first-order valence-electron chi connectivity index (χ1n) is 19.8. The molecule has 0 saturated heterocycles. The van der Waals surface area contributed by atoms with Gasteiger partial charge in [0.25, 0.3) is 0 Å². The lowest BCUT2D eigenvalue weighted by Crippen LogP contribution is -2.34. The van der Waals surface area contributed by atoms with Crippen molar-refractivity contribution in [1.29, 1.82) is 0 Å². The first-order valence-corrected chi connectivity index (χ1v) is 19.8. The zero-order valence-electron chi connectivity index (χ0n) is 31.3. The molecule has 0 aromatic heterocycles. The zero-order valence-corrected chi connectivity index (χ0v) is 31.3. The molecule has 2 N–H and O–H groups in total. The SMILES string of the molecule is CCCCCCCCC(CCCCC)C(=O)NCCOCCOCC(C)OCCNC(=O)C(CCCCC)CCCCCCCC. The minimum Gasteiger partial charge on any atom is -0.377 e. The van der Waals surface area contributed by atoms with Crippen molar-refractivity contribution in [2.45, 2.75) is 182 Å². The highest BCUT2D eigenvalue weighted by Crippen LogP contribution is 2.20. The molecule has 2 amide bonds. The van der Waals surface area contributed by atoms with Crippen LogP contribution in [0.5, 0.6) is 0 Å². The van der Waals surface area contributed by atoms with Crippen LogP contribution in [0.3, 0.4) is 0 Å². The van der Waals surface area contributed by atoms with Gasteiger partial charge in [-0.1, -0.05) is 143 Å². The Morgan fingerprint density at radius 2 is 0.848 bits per heavy atom. The molecule has 7 heteroatoms. The standard InChI is InChI=1S/C39H78N2O5/c1-6-10-14-16-18-22-26-36(24-20-12-8-3)38(42)40-28-30-44-32-33-45-34-35(5)46-31-29-41-39(43)37(25-21-13-9-4)27-23-19-17-15-11-7-2/h35-37H,6-34H2,1-5H3,(H,40,42)(H,41,43). The van der Waals surface area contributed by atoms with Crippen molar-refractivity contribution in [3.8, 4) is 0 Å². The summed E-state index contributed by atoms with van der Waals surface area (Å²) in [5.74, 6) is 0.643. The van der Waals surface area contributed by atoms with Crippen LogP contribution in [-0.2, 0) is 23.8 Å². The zero-order chi connectivity index (χ0) is 33.9. The van der Waals surface area contributed by atoms with E-state index in [4.69, 9.17) is 14.2 Å². The number of amides is 2. The molecule has 0 heterocycles. The second-order valence-electron chi connectivity index (χ2n) is 13.4. The Morgan fingerprint density at radius 3 is 1.33 bits per heavy atom. The molecule has 0 radical (unpaired) electrons. The monoisotopic (exact) mass is 655 g/mol. The van der Waals surface area contributed by atoms with Gasteiger partial charge >= 0.3 is 0 Å². The van der Waals surface area contributed by atoms with E-state index in [2.05, 4.69) is 38.3 Å². The molecule has 3 atom stereocenters. The van der Waals surface area contributed by atoms with Crippen LogP contribution in [-0.4, -0.2) is 64.0 Å². The minimum absolute atomic E-state index is 0.0454. The summed E-state index contributed by atoms with van der Waals surface area (Å²) >= 11 is 0. The molecule has 0 rings (SSSR count). The highest BCUT2D eigenvalue weighted by atomic mass is 16.5. The summed E-state index contributed by atoms with van der Waals surface area (Å²) in [6, 6.07) is 0. The average Bonchev–Trinajstić information content (AvgIpc) is 3.05. The average molecular weight is 655 g/mol. The number of nitrogens with one attached hydrogen (secondary N) is 2. The smallest absolute Gasteiger partial charge is 0.223 e. The van der Waals surface area contributed by atoms with E-state index in [1.807, 2.05) is 6.92 Å². The van der Waals surface area contributed by atoms with Crippen molar-refractivity contribution in [2.75, 3.05) is 46.1 Å².